The number of nitrogens with zero attached hydrogens (tertiary/aromatic N) is 2. The molecule has 2 aromatic rings. The molecule has 3 aliphatic rings. The van der Waals surface area contributed by atoms with Crippen LogP contribution in [0.1, 0.15) is 44.1 Å². The van der Waals surface area contributed by atoms with Gasteiger partial charge in [0.2, 0.25) is 0 Å². The maximum absolute atomic E-state index is 13.7. The first-order chi connectivity index (χ1) is 20.7. The number of aliphatic hydroxyl groups is 1. The van der Waals surface area contributed by atoms with Gasteiger partial charge in [0.25, 0.3) is 15.7 Å². The van der Waals surface area contributed by atoms with Crippen molar-refractivity contribution in [1.82, 2.24) is 9.79 Å². The van der Waals surface area contributed by atoms with E-state index in [2.05, 4.69) is 5.32 Å². The van der Waals surface area contributed by atoms with Gasteiger partial charge in [0.15, 0.2) is 6.29 Å². The van der Waals surface area contributed by atoms with Crippen LogP contribution in [0.4, 0.5) is 10.5 Å². The summed E-state index contributed by atoms with van der Waals surface area (Å²) in [5.41, 5.74) is 0.547. The van der Waals surface area contributed by atoms with Crippen molar-refractivity contribution in [2.75, 3.05) is 19.8 Å². The number of carbonyl (C=O) groups is 1. The summed E-state index contributed by atoms with van der Waals surface area (Å²) in [4.78, 5) is 29.3. The number of ether oxygens (including phenoxy) is 3. The Morgan fingerprint density at radius 3 is 2.49 bits per heavy atom. The summed E-state index contributed by atoms with van der Waals surface area (Å²) in [6, 6.07) is 12.7. The van der Waals surface area contributed by atoms with Gasteiger partial charge in [-0.05, 0) is 43.4 Å². The van der Waals surface area contributed by atoms with Crippen LogP contribution in [0.25, 0.3) is 0 Å². The third kappa shape index (κ3) is 7.88. The number of benzene rings is 2. The van der Waals surface area contributed by atoms with E-state index >= 15 is 0 Å². The molecule has 43 heavy (non-hydrogen) atoms. The largest absolute Gasteiger partial charge is 0.443 e. The Bertz CT molecular complexity index is 1340. The van der Waals surface area contributed by atoms with Crippen molar-refractivity contribution >= 4 is 21.8 Å². The van der Waals surface area contributed by atoms with E-state index in [0.29, 0.717) is 25.9 Å². The van der Waals surface area contributed by atoms with Gasteiger partial charge >= 0.3 is 6.09 Å². The highest BCUT2D eigenvalue weighted by molar-refractivity contribution is 7.89. The lowest BCUT2D eigenvalue weighted by Gasteiger charge is -2.32. The van der Waals surface area contributed by atoms with E-state index in [-0.39, 0.29) is 35.6 Å². The Kier molecular flexibility index (Phi) is 10.3. The molecule has 14 heteroatoms. The summed E-state index contributed by atoms with van der Waals surface area (Å²) in [5, 5.41) is 25.3. The first-order valence-corrected chi connectivity index (χ1v) is 16.0. The lowest BCUT2D eigenvalue weighted by atomic mass is 9.98. The standard InChI is InChI=1S/C29H37N3O10S/c33-26(18-31(42-22-9-5-2-6-10-22)43(37,38)23-13-11-21(12-14-23)32(35)36)25(17-20-7-3-1-4-8-20)30-29(34)41-27-19-40-28-24(27)15-16-39-28/h1,3-4,7-8,11-14,22,24-28,33H,2,5-6,9-10,15-19H2,(H,30,34)/t24?,25-,26?,27?,28?/m0/s1. The number of carbonyl (C=O) groups excluding carboxylic acids is 1. The first kappa shape index (κ1) is 31.3. The number of hydrogen-bond donors (Lipinski definition) is 2. The maximum Gasteiger partial charge on any atom is 0.407 e. The fraction of sp³-hybridized carbons (Fsp3) is 0.552. The molecule has 5 rings (SSSR count). The molecule has 2 saturated heterocycles. The molecule has 1 aliphatic carbocycles. The number of aliphatic hydroxyl groups excluding tert-OH is 1. The molecular formula is C29H37N3O10S. The summed E-state index contributed by atoms with van der Waals surface area (Å²) in [7, 11) is -4.35. The van der Waals surface area contributed by atoms with Gasteiger partial charge in [0, 0.05) is 12.1 Å². The van der Waals surface area contributed by atoms with Crippen LogP contribution in [0.5, 0.6) is 0 Å². The van der Waals surface area contributed by atoms with Gasteiger partial charge in [-0.3, -0.25) is 15.0 Å². The fourth-order valence-electron chi connectivity index (χ4n) is 5.69. The lowest BCUT2D eigenvalue weighted by molar-refractivity contribution is -0.384. The maximum atomic E-state index is 13.7. The van der Waals surface area contributed by atoms with E-state index in [1.54, 1.807) is 0 Å². The molecule has 0 radical (unpaired) electrons. The van der Waals surface area contributed by atoms with Crippen LogP contribution in [0.3, 0.4) is 0 Å². The monoisotopic (exact) mass is 619 g/mol. The van der Waals surface area contributed by atoms with E-state index in [4.69, 9.17) is 19.0 Å². The van der Waals surface area contributed by atoms with Crippen molar-refractivity contribution in [3.63, 3.8) is 0 Å². The number of nitrogens with one attached hydrogen (secondary N) is 1. The summed E-state index contributed by atoms with van der Waals surface area (Å²) in [6.45, 7) is 0.218. The fourth-order valence-corrected chi connectivity index (χ4v) is 6.99. The Morgan fingerprint density at radius 2 is 1.79 bits per heavy atom. The predicted molar refractivity (Wildman–Crippen MR) is 152 cm³/mol. The predicted octanol–water partition coefficient (Wildman–Crippen LogP) is 3.31. The van der Waals surface area contributed by atoms with Crippen molar-refractivity contribution in [3.05, 3.63) is 70.3 Å². The van der Waals surface area contributed by atoms with Gasteiger partial charge in [-0.25, -0.2) is 13.2 Å². The van der Waals surface area contributed by atoms with Crippen LogP contribution in [-0.4, -0.2) is 79.4 Å². The van der Waals surface area contributed by atoms with Gasteiger partial charge in [-0.1, -0.05) is 54.1 Å². The molecule has 0 bridgehead atoms. The number of alkyl carbamates (subject to hydrolysis) is 1. The minimum absolute atomic E-state index is 0.0746. The highest BCUT2D eigenvalue weighted by Gasteiger charge is 2.44. The third-order valence-corrected chi connectivity index (χ3v) is 9.72. The molecule has 1 amide bonds. The topological polar surface area (TPSA) is 167 Å². The Balaban J connectivity index is 1.35. The third-order valence-electron chi connectivity index (χ3n) is 8.08. The van der Waals surface area contributed by atoms with E-state index in [0.717, 1.165) is 53.6 Å². The average Bonchev–Trinajstić information content (AvgIpc) is 3.63. The van der Waals surface area contributed by atoms with Crippen LogP contribution < -0.4 is 5.32 Å². The molecule has 0 aromatic heterocycles. The number of nitro benzene ring substituents is 1. The van der Waals surface area contributed by atoms with Gasteiger partial charge in [-0.15, -0.1) is 0 Å². The van der Waals surface area contributed by atoms with E-state index < -0.39 is 52.1 Å². The molecule has 1 saturated carbocycles. The zero-order chi connectivity index (χ0) is 30.4. The van der Waals surface area contributed by atoms with E-state index in [1.165, 1.54) is 0 Å². The molecule has 2 N–H and O–H groups in total. The second kappa shape index (κ2) is 14.1. The number of non-ortho nitro benzene ring substituents is 1. The van der Waals surface area contributed by atoms with Gasteiger partial charge in [-0.2, -0.15) is 0 Å². The van der Waals surface area contributed by atoms with Crippen LogP contribution in [-0.2, 0) is 35.5 Å². The second-order valence-corrected chi connectivity index (χ2v) is 12.9. The molecule has 13 nitrogen and oxygen atoms in total. The number of fused-ring (bicyclic) bond motifs is 1. The van der Waals surface area contributed by atoms with Crippen molar-refractivity contribution < 1.29 is 42.3 Å². The van der Waals surface area contributed by atoms with Crippen molar-refractivity contribution in [1.29, 1.82) is 0 Å². The zero-order valence-electron chi connectivity index (χ0n) is 23.7. The minimum Gasteiger partial charge on any atom is -0.443 e. The molecule has 2 aromatic carbocycles. The number of amides is 1. The van der Waals surface area contributed by atoms with Crippen LogP contribution in [0.15, 0.2) is 59.5 Å². The number of hydrogen-bond acceptors (Lipinski definition) is 10. The van der Waals surface area contributed by atoms with E-state index in [1.807, 2.05) is 30.3 Å². The summed E-state index contributed by atoms with van der Waals surface area (Å²) in [5.74, 6) is -0.0746. The van der Waals surface area contributed by atoms with Crippen LogP contribution >= 0.6 is 0 Å². The molecule has 3 fully saturated rings. The van der Waals surface area contributed by atoms with Gasteiger partial charge < -0.3 is 24.6 Å². The quantitative estimate of drug-likeness (QED) is 0.266. The van der Waals surface area contributed by atoms with Crippen LogP contribution in [0, 0.1) is 16.0 Å². The van der Waals surface area contributed by atoms with E-state index in [9.17, 15) is 28.4 Å². The molecular weight excluding hydrogens is 582 g/mol. The van der Waals surface area contributed by atoms with Crippen molar-refractivity contribution in [2.24, 2.45) is 5.92 Å². The van der Waals surface area contributed by atoms with Gasteiger partial charge in [0.1, 0.15) is 6.10 Å². The molecule has 0 spiro atoms. The highest BCUT2D eigenvalue weighted by atomic mass is 32.2. The zero-order valence-corrected chi connectivity index (χ0v) is 24.5. The minimum atomic E-state index is -4.35. The Labute approximate surface area is 250 Å². The number of hydroxylamine groups is 1. The van der Waals surface area contributed by atoms with Gasteiger partial charge in [0.05, 0.1) is 53.7 Å². The lowest BCUT2D eigenvalue weighted by Crippen LogP contribution is -2.51. The van der Waals surface area contributed by atoms with Crippen molar-refractivity contribution in [3.8, 4) is 0 Å². The number of nitro groups is 1. The average molecular weight is 620 g/mol. The summed E-state index contributed by atoms with van der Waals surface area (Å²) < 4.78 is 45.0. The Hall–Kier alpha value is -3.14. The normalized spacial score (nSPS) is 23.9. The number of sulfonamides is 1. The second-order valence-electron chi connectivity index (χ2n) is 11.1. The SMILES string of the molecule is O=C(N[C@@H](Cc1ccccc1)C(O)CN(OC1CCCCC1)S(=O)(=O)c1ccc([N+](=O)[O-])cc1)OC1COC2OCCC12. The first-order valence-electron chi connectivity index (χ1n) is 14.6. The molecule has 234 valence electrons. The molecule has 4 unspecified atom stereocenters. The summed E-state index contributed by atoms with van der Waals surface area (Å²) in [6.07, 6.45) is 1.48. The van der Waals surface area contributed by atoms with Crippen LogP contribution in [0.2, 0.25) is 0 Å². The van der Waals surface area contributed by atoms with Crippen molar-refractivity contribution in [2.45, 2.75) is 80.5 Å². The molecule has 5 atom stereocenters. The molecule has 2 aliphatic heterocycles. The summed E-state index contributed by atoms with van der Waals surface area (Å²) >= 11 is 0. The highest BCUT2D eigenvalue weighted by Crippen LogP contribution is 2.33. The number of rotatable bonds is 12. The smallest absolute Gasteiger partial charge is 0.407 e. The molecule has 2 heterocycles. The Morgan fingerprint density at radius 1 is 1.07 bits per heavy atom.